The Hall–Kier alpha value is -2.50. The van der Waals surface area contributed by atoms with Crippen molar-refractivity contribution in [3.05, 3.63) is 29.8 Å². The van der Waals surface area contributed by atoms with Crippen LogP contribution in [0.1, 0.15) is 11.4 Å². The van der Waals surface area contributed by atoms with Gasteiger partial charge in [-0.2, -0.15) is 0 Å². The first-order chi connectivity index (χ1) is 9.06. The number of benzene rings is 1. The van der Waals surface area contributed by atoms with Gasteiger partial charge in [0.2, 0.25) is 0 Å². The van der Waals surface area contributed by atoms with Gasteiger partial charge < -0.3 is 20.4 Å². The second-order valence-electron chi connectivity index (χ2n) is 4.53. The summed E-state index contributed by atoms with van der Waals surface area (Å²) in [5.74, 6) is 0.428. The van der Waals surface area contributed by atoms with Crippen molar-refractivity contribution < 1.29 is 9.53 Å². The summed E-state index contributed by atoms with van der Waals surface area (Å²) >= 11 is 0. The second-order valence-corrected chi connectivity index (χ2v) is 4.53. The number of imidazole rings is 1. The number of anilines is 2. The summed E-state index contributed by atoms with van der Waals surface area (Å²) in [5, 5.41) is 2.77. The number of hydrogen-bond acceptors (Lipinski definition) is 4. The number of amides is 1. The number of nitrogens with two attached hydrogens (primary N) is 1. The van der Waals surface area contributed by atoms with Gasteiger partial charge in [-0.05, 0) is 19.9 Å². The molecule has 3 N–H and O–H groups in total. The number of rotatable bonds is 1. The fourth-order valence-electron chi connectivity index (χ4n) is 2.08. The van der Waals surface area contributed by atoms with Crippen molar-refractivity contribution >= 4 is 17.3 Å². The largest absolute Gasteiger partial charge is 0.482 e. The highest BCUT2D eigenvalue weighted by Gasteiger charge is 2.19. The molecule has 0 saturated heterocycles. The van der Waals surface area contributed by atoms with Crippen LogP contribution >= 0.6 is 0 Å². The van der Waals surface area contributed by atoms with Crippen molar-refractivity contribution in [1.82, 2.24) is 9.55 Å². The van der Waals surface area contributed by atoms with Crippen molar-refractivity contribution in [3.63, 3.8) is 0 Å². The molecule has 19 heavy (non-hydrogen) atoms. The smallest absolute Gasteiger partial charge is 0.262 e. The number of fused-ring (bicyclic) bond motifs is 1. The van der Waals surface area contributed by atoms with E-state index in [1.165, 1.54) is 0 Å². The summed E-state index contributed by atoms with van der Waals surface area (Å²) < 4.78 is 7.22. The van der Waals surface area contributed by atoms with Crippen LogP contribution in [0, 0.1) is 13.8 Å². The highest BCUT2D eigenvalue weighted by molar-refractivity contribution is 5.96. The van der Waals surface area contributed by atoms with Gasteiger partial charge >= 0.3 is 0 Å². The molecular formula is C13H14N4O2. The number of nitrogens with one attached hydrogen (secondary N) is 1. The third kappa shape index (κ3) is 1.81. The average Bonchev–Trinajstić information content (AvgIpc) is 2.70. The van der Waals surface area contributed by atoms with Gasteiger partial charge in [-0.25, -0.2) is 4.98 Å². The lowest BCUT2D eigenvalue weighted by Gasteiger charge is -2.20. The number of aryl methyl sites for hydroxylation is 1. The summed E-state index contributed by atoms with van der Waals surface area (Å²) in [5.41, 5.74) is 9.99. The molecule has 1 aliphatic heterocycles. The Morgan fingerprint density at radius 3 is 2.89 bits per heavy atom. The first-order valence-electron chi connectivity index (χ1n) is 5.93. The van der Waals surface area contributed by atoms with Crippen LogP contribution in [0.15, 0.2) is 18.5 Å². The fraction of sp³-hybridized carbons (Fsp3) is 0.231. The zero-order valence-electron chi connectivity index (χ0n) is 10.7. The van der Waals surface area contributed by atoms with Crippen molar-refractivity contribution in [3.8, 4) is 11.4 Å². The topological polar surface area (TPSA) is 82.2 Å². The molecule has 1 amide bonds. The molecule has 3 rings (SSSR count). The molecule has 1 aromatic heterocycles. The van der Waals surface area contributed by atoms with E-state index in [0.29, 0.717) is 17.1 Å². The molecule has 1 aromatic carbocycles. The summed E-state index contributed by atoms with van der Waals surface area (Å²) in [7, 11) is 0. The Kier molecular flexibility index (Phi) is 2.45. The molecule has 2 heterocycles. The first-order valence-corrected chi connectivity index (χ1v) is 5.93. The fourth-order valence-corrected chi connectivity index (χ4v) is 2.08. The molecule has 0 aliphatic carbocycles. The van der Waals surface area contributed by atoms with E-state index < -0.39 is 0 Å². The maximum atomic E-state index is 11.3. The summed E-state index contributed by atoms with van der Waals surface area (Å²) in [6, 6.07) is 3.52. The number of carbonyl (C=O) groups is 1. The van der Waals surface area contributed by atoms with E-state index in [0.717, 1.165) is 17.1 Å². The van der Waals surface area contributed by atoms with Crippen LogP contribution in [-0.2, 0) is 4.79 Å². The van der Waals surface area contributed by atoms with E-state index in [1.54, 1.807) is 18.5 Å². The van der Waals surface area contributed by atoms with Gasteiger partial charge in [-0.1, -0.05) is 0 Å². The molecule has 0 atom stereocenters. The third-order valence-electron chi connectivity index (χ3n) is 3.27. The van der Waals surface area contributed by atoms with Crippen LogP contribution < -0.4 is 15.8 Å². The van der Waals surface area contributed by atoms with Crippen LogP contribution in [0.4, 0.5) is 11.4 Å². The number of aromatic nitrogens is 2. The van der Waals surface area contributed by atoms with E-state index in [1.807, 2.05) is 18.4 Å². The van der Waals surface area contributed by atoms with E-state index in [4.69, 9.17) is 10.5 Å². The number of ether oxygens (including phenoxy) is 1. The number of hydrogen-bond donors (Lipinski definition) is 2. The SMILES string of the molecule is Cc1ncn(-c2cc3c(cc2N)OCC(=O)N3)c1C. The molecular weight excluding hydrogens is 244 g/mol. The van der Waals surface area contributed by atoms with Gasteiger partial charge in [0.15, 0.2) is 6.61 Å². The van der Waals surface area contributed by atoms with Gasteiger partial charge in [0.25, 0.3) is 5.91 Å². The monoisotopic (exact) mass is 258 g/mol. The van der Waals surface area contributed by atoms with Crippen LogP contribution in [0.3, 0.4) is 0 Å². The van der Waals surface area contributed by atoms with Crippen LogP contribution in [0.25, 0.3) is 5.69 Å². The van der Waals surface area contributed by atoms with Gasteiger partial charge in [0, 0.05) is 11.8 Å². The van der Waals surface area contributed by atoms with Crippen LogP contribution in [-0.4, -0.2) is 22.1 Å². The maximum Gasteiger partial charge on any atom is 0.262 e. The number of carbonyl (C=O) groups excluding carboxylic acids is 1. The number of nitrogen functional groups attached to an aromatic ring is 1. The van der Waals surface area contributed by atoms with E-state index >= 15 is 0 Å². The minimum atomic E-state index is -0.165. The van der Waals surface area contributed by atoms with Crippen molar-refractivity contribution in [1.29, 1.82) is 0 Å². The Morgan fingerprint density at radius 2 is 2.21 bits per heavy atom. The zero-order valence-corrected chi connectivity index (χ0v) is 10.7. The molecule has 6 nitrogen and oxygen atoms in total. The lowest BCUT2D eigenvalue weighted by Crippen LogP contribution is -2.25. The molecule has 2 aromatic rings. The molecule has 0 unspecified atom stereocenters. The Labute approximate surface area is 110 Å². The molecule has 0 spiro atoms. The molecule has 0 radical (unpaired) electrons. The van der Waals surface area contributed by atoms with Crippen LogP contribution in [0.2, 0.25) is 0 Å². The summed E-state index contributed by atoms with van der Waals surface area (Å²) in [4.78, 5) is 15.6. The standard InChI is InChI=1S/C13H14N4O2/c1-7-8(2)17(6-15-7)11-4-10-12(3-9(11)14)19-5-13(18)16-10/h3-4,6H,5,14H2,1-2H3,(H,16,18). The van der Waals surface area contributed by atoms with Crippen molar-refractivity contribution in [2.24, 2.45) is 0 Å². The van der Waals surface area contributed by atoms with E-state index in [2.05, 4.69) is 10.3 Å². The molecule has 0 fully saturated rings. The second kappa shape index (κ2) is 4.01. The lowest BCUT2D eigenvalue weighted by atomic mass is 10.2. The maximum absolute atomic E-state index is 11.3. The van der Waals surface area contributed by atoms with Crippen LogP contribution in [0.5, 0.6) is 5.75 Å². The van der Waals surface area contributed by atoms with Gasteiger partial charge in [0.05, 0.1) is 29.1 Å². The van der Waals surface area contributed by atoms with Crippen molar-refractivity contribution in [2.75, 3.05) is 17.7 Å². The molecule has 0 bridgehead atoms. The number of nitrogens with zero attached hydrogens (tertiary/aromatic N) is 2. The van der Waals surface area contributed by atoms with Gasteiger partial charge in [-0.15, -0.1) is 0 Å². The molecule has 6 heteroatoms. The molecule has 98 valence electrons. The quantitative estimate of drug-likeness (QED) is 0.757. The minimum Gasteiger partial charge on any atom is -0.482 e. The summed E-state index contributed by atoms with van der Waals surface area (Å²) in [6.07, 6.45) is 1.72. The summed E-state index contributed by atoms with van der Waals surface area (Å²) in [6.45, 7) is 3.93. The average molecular weight is 258 g/mol. The van der Waals surface area contributed by atoms with E-state index in [9.17, 15) is 4.79 Å². The normalized spacial score (nSPS) is 13.7. The Balaban J connectivity index is 2.15. The van der Waals surface area contributed by atoms with Gasteiger partial charge in [0.1, 0.15) is 5.75 Å². The van der Waals surface area contributed by atoms with Gasteiger partial charge in [-0.3, -0.25) is 4.79 Å². The third-order valence-corrected chi connectivity index (χ3v) is 3.27. The van der Waals surface area contributed by atoms with E-state index in [-0.39, 0.29) is 12.5 Å². The lowest BCUT2D eigenvalue weighted by molar-refractivity contribution is -0.118. The Morgan fingerprint density at radius 1 is 1.42 bits per heavy atom. The highest BCUT2D eigenvalue weighted by atomic mass is 16.5. The Bertz CT molecular complexity index is 676. The predicted octanol–water partition coefficient (Wildman–Crippen LogP) is 1.40. The molecule has 1 aliphatic rings. The molecule has 0 saturated carbocycles. The van der Waals surface area contributed by atoms with Crippen molar-refractivity contribution in [2.45, 2.75) is 13.8 Å². The zero-order chi connectivity index (χ0) is 13.6. The predicted molar refractivity (Wildman–Crippen MR) is 71.6 cm³/mol. The highest BCUT2D eigenvalue weighted by Crippen LogP contribution is 2.34. The minimum absolute atomic E-state index is 0.0228. The first kappa shape index (κ1) is 11.6.